The van der Waals surface area contributed by atoms with Crippen molar-refractivity contribution in [1.29, 1.82) is 0 Å². The summed E-state index contributed by atoms with van der Waals surface area (Å²) in [7, 11) is 0. The van der Waals surface area contributed by atoms with Crippen molar-refractivity contribution in [3.63, 3.8) is 0 Å². The van der Waals surface area contributed by atoms with E-state index in [1.807, 2.05) is 18.2 Å². The molecule has 1 atom stereocenters. The minimum atomic E-state index is 0.177. The number of hydrogen-bond acceptors (Lipinski definition) is 2. The Hall–Kier alpha value is -1.35. The van der Waals surface area contributed by atoms with Crippen LogP contribution in [0.15, 0.2) is 30.3 Å². The third-order valence-corrected chi connectivity index (χ3v) is 3.70. The van der Waals surface area contributed by atoms with Crippen LogP contribution >= 0.6 is 0 Å². The van der Waals surface area contributed by atoms with Gasteiger partial charge in [-0.25, -0.2) is 0 Å². The number of nitrogens with one attached hydrogen (secondary N) is 2. The van der Waals surface area contributed by atoms with Crippen LogP contribution in [0, 0.1) is 5.92 Å². The van der Waals surface area contributed by atoms with E-state index in [4.69, 9.17) is 0 Å². The lowest BCUT2D eigenvalue weighted by Crippen LogP contribution is -2.31. The number of amides is 1. The fraction of sp³-hybridized carbons (Fsp3) is 0.588. The van der Waals surface area contributed by atoms with Crippen molar-refractivity contribution < 1.29 is 4.79 Å². The second-order valence-corrected chi connectivity index (χ2v) is 6.01. The van der Waals surface area contributed by atoms with Gasteiger partial charge in [0.2, 0.25) is 5.91 Å². The summed E-state index contributed by atoms with van der Waals surface area (Å²) < 4.78 is 0. The van der Waals surface area contributed by atoms with Crippen LogP contribution < -0.4 is 10.6 Å². The average Bonchev–Trinajstić information content (AvgIpc) is 3.26. The van der Waals surface area contributed by atoms with Crippen molar-refractivity contribution in [2.24, 2.45) is 5.92 Å². The lowest BCUT2D eigenvalue weighted by molar-refractivity contribution is -0.122. The first-order chi connectivity index (χ1) is 9.66. The molecule has 1 amide bonds. The molecule has 1 aliphatic rings. The Kier molecular flexibility index (Phi) is 5.60. The second kappa shape index (κ2) is 7.44. The molecule has 1 aromatic rings. The maximum absolute atomic E-state index is 12.1. The molecule has 1 unspecified atom stereocenters. The molecule has 0 aromatic heterocycles. The van der Waals surface area contributed by atoms with Crippen molar-refractivity contribution in [3.05, 3.63) is 35.9 Å². The number of carbonyl (C=O) groups excluding carboxylic acids is 1. The quantitative estimate of drug-likeness (QED) is 0.715. The molecule has 3 nitrogen and oxygen atoms in total. The summed E-state index contributed by atoms with van der Waals surface area (Å²) in [6, 6.07) is 11.0. The molecular formula is C17H26N2O. The van der Waals surface area contributed by atoms with Gasteiger partial charge in [-0.15, -0.1) is 0 Å². The summed E-state index contributed by atoms with van der Waals surface area (Å²) >= 11 is 0. The van der Waals surface area contributed by atoms with Crippen molar-refractivity contribution in [2.75, 3.05) is 6.54 Å². The molecule has 1 fully saturated rings. The van der Waals surface area contributed by atoms with E-state index in [0.717, 1.165) is 13.0 Å². The van der Waals surface area contributed by atoms with Crippen molar-refractivity contribution in [1.82, 2.24) is 10.6 Å². The maximum Gasteiger partial charge on any atom is 0.220 e. The Morgan fingerprint density at radius 1 is 1.25 bits per heavy atom. The smallest absolute Gasteiger partial charge is 0.220 e. The summed E-state index contributed by atoms with van der Waals surface area (Å²) in [6.45, 7) is 5.15. The van der Waals surface area contributed by atoms with Crippen LogP contribution in [0.3, 0.4) is 0 Å². The monoisotopic (exact) mass is 274 g/mol. The summed E-state index contributed by atoms with van der Waals surface area (Å²) in [4.78, 5) is 12.1. The lowest BCUT2D eigenvalue weighted by Gasteiger charge is -2.19. The highest BCUT2D eigenvalue weighted by molar-refractivity contribution is 5.76. The van der Waals surface area contributed by atoms with Crippen LogP contribution in [-0.4, -0.2) is 18.5 Å². The topological polar surface area (TPSA) is 41.1 Å². The molecular weight excluding hydrogens is 248 g/mol. The van der Waals surface area contributed by atoms with E-state index in [-0.39, 0.29) is 11.9 Å². The summed E-state index contributed by atoms with van der Waals surface area (Å²) in [5, 5.41) is 6.56. The van der Waals surface area contributed by atoms with Crippen LogP contribution in [0.5, 0.6) is 0 Å². The molecule has 0 bridgehead atoms. The van der Waals surface area contributed by atoms with Gasteiger partial charge in [-0.1, -0.05) is 44.2 Å². The maximum atomic E-state index is 12.1. The van der Waals surface area contributed by atoms with E-state index >= 15 is 0 Å². The molecule has 1 aromatic carbocycles. The number of benzene rings is 1. The molecule has 1 aliphatic carbocycles. The van der Waals surface area contributed by atoms with Crippen molar-refractivity contribution >= 4 is 5.91 Å². The van der Waals surface area contributed by atoms with Crippen LogP contribution in [0.1, 0.15) is 51.1 Å². The number of hydrogen-bond donors (Lipinski definition) is 2. The van der Waals surface area contributed by atoms with Gasteiger partial charge in [-0.05, 0) is 37.3 Å². The van der Waals surface area contributed by atoms with E-state index in [2.05, 4.69) is 36.6 Å². The predicted octanol–water partition coefficient (Wildman–Crippen LogP) is 3.03. The van der Waals surface area contributed by atoms with Crippen LogP contribution in [0.25, 0.3) is 0 Å². The molecule has 3 heteroatoms. The Balaban J connectivity index is 1.79. The molecule has 2 N–H and O–H groups in total. The highest BCUT2D eigenvalue weighted by Crippen LogP contribution is 2.40. The zero-order valence-electron chi connectivity index (χ0n) is 12.6. The third-order valence-electron chi connectivity index (χ3n) is 3.70. The molecule has 0 saturated heterocycles. The van der Waals surface area contributed by atoms with Crippen LogP contribution in [0.2, 0.25) is 0 Å². The molecule has 2 rings (SSSR count). The average molecular weight is 274 g/mol. The molecule has 0 aliphatic heterocycles. The van der Waals surface area contributed by atoms with Gasteiger partial charge in [-0.3, -0.25) is 4.79 Å². The van der Waals surface area contributed by atoms with E-state index in [0.29, 0.717) is 18.4 Å². The molecule has 110 valence electrons. The van der Waals surface area contributed by atoms with Gasteiger partial charge in [0.15, 0.2) is 0 Å². The standard InChI is InChI=1S/C17H26N2O/c1-13(2)18-12-6-9-16(20)19-17(15-10-11-15)14-7-4-3-5-8-14/h3-5,7-8,13,15,17-18H,6,9-12H2,1-2H3,(H,19,20). The summed E-state index contributed by atoms with van der Waals surface area (Å²) in [5.41, 5.74) is 1.24. The molecule has 1 saturated carbocycles. The number of rotatable bonds is 8. The molecule has 0 radical (unpaired) electrons. The Morgan fingerprint density at radius 2 is 1.95 bits per heavy atom. The van der Waals surface area contributed by atoms with Gasteiger partial charge in [0.05, 0.1) is 6.04 Å². The van der Waals surface area contributed by atoms with Gasteiger partial charge in [-0.2, -0.15) is 0 Å². The second-order valence-electron chi connectivity index (χ2n) is 6.01. The fourth-order valence-electron chi connectivity index (χ4n) is 2.45. The summed E-state index contributed by atoms with van der Waals surface area (Å²) in [5.74, 6) is 0.812. The zero-order chi connectivity index (χ0) is 14.4. The van der Waals surface area contributed by atoms with E-state index in [1.165, 1.54) is 18.4 Å². The van der Waals surface area contributed by atoms with Gasteiger partial charge in [0, 0.05) is 12.5 Å². The molecule has 20 heavy (non-hydrogen) atoms. The third kappa shape index (κ3) is 4.97. The highest BCUT2D eigenvalue weighted by Gasteiger charge is 2.33. The zero-order valence-corrected chi connectivity index (χ0v) is 12.6. The Morgan fingerprint density at radius 3 is 2.55 bits per heavy atom. The largest absolute Gasteiger partial charge is 0.349 e. The normalized spacial score (nSPS) is 16.1. The predicted molar refractivity (Wildman–Crippen MR) is 82.4 cm³/mol. The van der Waals surface area contributed by atoms with Gasteiger partial charge < -0.3 is 10.6 Å². The van der Waals surface area contributed by atoms with E-state index in [9.17, 15) is 4.79 Å². The minimum absolute atomic E-state index is 0.177. The Bertz CT molecular complexity index is 412. The van der Waals surface area contributed by atoms with Crippen molar-refractivity contribution in [3.8, 4) is 0 Å². The molecule has 0 heterocycles. The Labute approximate surface area is 122 Å². The lowest BCUT2D eigenvalue weighted by atomic mass is 10.0. The fourth-order valence-corrected chi connectivity index (χ4v) is 2.45. The van der Waals surface area contributed by atoms with Gasteiger partial charge >= 0.3 is 0 Å². The van der Waals surface area contributed by atoms with E-state index in [1.54, 1.807) is 0 Å². The van der Waals surface area contributed by atoms with Crippen LogP contribution in [0.4, 0.5) is 0 Å². The van der Waals surface area contributed by atoms with Crippen LogP contribution in [-0.2, 0) is 4.79 Å². The first-order valence-corrected chi connectivity index (χ1v) is 7.74. The van der Waals surface area contributed by atoms with Gasteiger partial charge in [0.1, 0.15) is 0 Å². The highest BCUT2D eigenvalue weighted by atomic mass is 16.1. The molecule has 0 spiro atoms. The number of carbonyl (C=O) groups is 1. The first kappa shape index (κ1) is 15.0. The summed E-state index contributed by atoms with van der Waals surface area (Å²) in [6.07, 6.45) is 3.97. The minimum Gasteiger partial charge on any atom is -0.349 e. The van der Waals surface area contributed by atoms with Gasteiger partial charge in [0.25, 0.3) is 0 Å². The van der Waals surface area contributed by atoms with Crippen molar-refractivity contribution in [2.45, 2.75) is 51.6 Å². The van der Waals surface area contributed by atoms with E-state index < -0.39 is 0 Å². The first-order valence-electron chi connectivity index (χ1n) is 7.74. The SMILES string of the molecule is CC(C)NCCCC(=O)NC(c1ccccc1)C1CC1.